The van der Waals surface area contributed by atoms with Crippen molar-refractivity contribution in [3.05, 3.63) is 70.3 Å². The molecule has 1 saturated carbocycles. The first-order chi connectivity index (χ1) is 23.0. The van der Waals surface area contributed by atoms with Gasteiger partial charge in [-0.25, -0.2) is 13.1 Å². The number of hydrogen-bond donors (Lipinski definition) is 2. The molecule has 2 aliphatic carbocycles. The number of halogens is 1. The number of sulfonamides is 1. The number of benzene rings is 2. The van der Waals surface area contributed by atoms with Gasteiger partial charge >= 0.3 is 5.97 Å². The van der Waals surface area contributed by atoms with Gasteiger partial charge in [0.1, 0.15) is 11.4 Å². The highest BCUT2D eigenvalue weighted by atomic mass is 35.5. The summed E-state index contributed by atoms with van der Waals surface area (Å²) in [5.74, 6) is -1.16. The summed E-state index contributed by atoms with van der Waals surface area (Å²) < 4.78 is 41.4. The van der Waals surface area contributed by atoms with Gasteiger partial charge in [-0.3, -0.25) is 9.59 Å². The maximum atomic E-state index is 13.5. The number of ether oxygens (including phenoxy) is 2. The molecule has 2 aromatic carbocycles. The van der Waals surface area contributed by atoms with Gasteiger partial charge in [0.2, 0.25) is 10.0 Å². The monoisotopic (exact) mass is 712 g/mol. The number of carbonyl (C=O) groups excluding carboxylic acids is 2. The van der Waals surface area contributed by atoms with Crippen molar-refractivity contribution in [2.75, 3.05) is 24.6 Å². The molecule has 1 spiro atoms. The van der Waals surface area contributed by atoms with E-state index >= 15 is 0 Å². The van der Waals surface area contributed by atoms with E-state index in [-0.39, 0.29) is 35.2 Å². The van der Waals surface area contributed by atoms with Gasteiger partial charge in [-0.1, -0.05) is 36.7 Å². The minimum atomic E-state index is -4.04. The molecular weight excluding hydrogens is 664 g/mol. The molecule has 266 valence electrons. The Bertz CT molecular complexity index is 1750. The lowest BCUT2D eigenvalue weighted by atomic mass is 9.63. The standard InChI is InChI=1S/C38H49ClN2O7S/c1-24-8-6-17-38(44,20-34(42)48-36(3,4)5)31-13-10-28(31)21-41-22-37(16-7-9-26-18-29(39)12-14-30(26)37)23-47-33-15-11-27(19-32(33)41)35(43)40-49(45,46)25(24)2/h6,11-12,14-15,17-19,24-25,28,31,44H,7-10,13,16,20-23H2,1-5H3,(H,40,43)/b17-6-/t24-,25+,28-,31+,37-,38?/m0/s1. The van der Waals surface area contributed by atoms with E-state index in [9.17, 15) is 23.1 Å². The summed E-state index contributed by atoms with van der Waals surface area (Å²) in [4.78, 5) is 29.0. The number of aliphatic hydroxyl groups is 1. The van der Waals surface area contributed by atoms with Crippen molar-refractivity contribution < 1.29 is 32.6 Å². The van der Waals surface area contributed by atoms with Crippen LogP contribution in [0.3, 0.4) is 0 Å². The number of amides is 1. The van der Waals surface area contributed by atoms with E-state index in [1.807, 2.05) is 12.1 Å². The van der Waals surface area contributed by atoms with Crippen molar-refractivity contribution in [2.24, 2.45) is 17.8 Å². The molecule has 6 rings (SSSR count). The molecule has 2 heterocycles. The van der Waals surface area contributed by atoms with Gasteiger partial charge in [-0.2, -0.15) is 0 Å². The summed E-state index contributed by atoms with van der Waals surface area (Å²) in [5, 5.41) is 12.1. The number of carbonyl (C=O) groups is 2. The van der Waals surface area contributed by atoms with Crippen LogP contribution in [-0.4, -0.2) is 61.5 Å². The first-order valence-electron chi connectivity index (χ1n) is 17.5. The Labute approximate surface area is 295 Å². The van der Waals surface area contributed by atoms with E-state index in [1.165, 1.54) is 11.1 Å². The zero-order chi connectivity index (χ0) is 35.4. The van der Waals surface area contributed by atoms with Crippen molar-refractivity contribution in [3.8, 4) is 5.75 Å². The molecule has 0 saturated heterocycles. The smallest absolute Gasteiger partial charge is 0.309 e. The van der Waals surface area contributed by atoms with Gasteiger partial charge < -0.3 is 19.5 Å². The van der Waals surface area contributed by atoms with Crippen LogP contribution in [0.1, 0.15) is 94.6 Å². The minimum Gasteiger partial charge on any atom is -0.490 e. The average Bonchev–Trinajstić information content (AvgIpc) is 3.13. The van der Waals surface area contributed by atoms with E-state index in [4.69, 9.17) is 21.1 Å². The number of anilines is 1. The van der Waals surface area contributed by atoms with Gasteiger partial charge in [-0.05, 0) is 125 Å². The van der Waals surface area contributed by atoms with Crippen LogP contribution in [0.2, 0.25) is 5.02 Å². The Morgan fingerprint density at radius 3 is 2.65 bits per heavy atom. The van der Waals surface area contributed by atoms with Crippen molar-refractivity contribution in [2.45, 2.75) is 101 Å². The zero-order valence-electron chi connectivity index (χ0n) is 29.1. The van der Waals surface area contributed by atoms with Gasteiger partial charge in [0.05, 0.1) is 29.6 Å². The SMILES string of the molecule is C[C@@H]1[C@@H](C)C/C=C\C(O)(CC(=O)OC(C)(C)C)[C@@H]2CC[C@H]2CN2C[C@@]3(CCCc4cc(Cl)ccc43)COc3ccc(cc32)C(=O)NS1(=O)=O. The lowest BCUT2D eigenvalue weighted by molar-refractivity contribution is -0.162. The molecule has 6 atom stereocenters. The fraction of sp³-hybridized carbons (Fsp3) is 0.579. The summed E-state index contributed by atoms with van der Waals surface area (Å²) in [7, 11) is -4.04. The second-order valence-electron chi connectivity index (χ2n) is 15.8. The molecule has 2 aliphatic heterocycles. The molecule has 11 heteroatoms. The average molecular weight is 713 g/mol. The highest BCUT2D eigenvalue weighted by Gasteiger charge is 2.49. The zero-order valence-corrected chi connectivity index (χ0v) is 30.7. The van der Waals surface area contributed by atoms with Crippen molar-refractivity contribution in [1.82, 2.24) is 4.72 Å². The van der Waals surface area contributed by atoms with Crippen LogP contribution in [0.4, 0.5) is 5.69 Å². The first kappa shape index (κ1) is 35.7. The third-order valence-corrected chi connectivity index (χ3v) is 13.3. The van der Waals surface area contributed by atoms with E-state index in [0.717, 1.165) is 32.1 Å². The summed E-state index contributed by atoms with van der Waals surface area (Å²) in [5.41, 5.74) is 0.770. The highest BCUT2D eigenvalue weighted by molar-refractivity contribution is 7.90. The molecule has 4 aliphatic rings. The number of aryl methyl sites for hydroxylation is 1. The molecule has 0 radical (unpaired) electrons. The van der Waals surface area contributed by atoms with Gasteiger partial charge in [0.25, 0.3) is 5.91 Å². The number of allylic oxidation sites excluding steroid dienone is 1. The van der Waals surface area contributed by atoms with Crippen LogP contribution < -0.4 is 14.4 Å². The molecule has 1 amide bonds. The van der Waals surface area contributed by atoms with Crippen LogP contribution in [0, 0.1) is 17.8 Å². The molecule has 1 unspecified atom stereocenters. The second-order valence-corrected chi connectivity index (χ2v) is 18.3. The van der Waals surface area contributed by atoms with Crippen molar-refractivity contribution in [3.63, 3.8) is 0 Å². The Balaban J connectivity index is 1.44. The minimum absolute atomic E-state index is 0.0236. The molecule has 2 aromatic rings. The first-order valence-corrected chi connectivity index (χ1v) is 19.4. The summed E-state index contributed by atoms with van der Waals surface area (Å²) in [6.45, 7) is 10.4. The molecule has 0 aromatic heterocycles. The third kappa shape index (κ3) is 7.38. The Hall–Kier alpha value is -3.08. The molecule has 1 fully saturated rings. The van der Waals surface area contributed by atoms with Crippen LogP contribution in [0.25, 0.3) is 0 Å². The van der Waals surface area contributed by atoms with Crippen LogP contribution in [-0.2, 0) is 31.4 Å². The molecule has 2 bridgehead atoms. The fourth-order valence-electron chi connectivity index (χ4n) is 8.17. The molecule has 9 nitrogen and oxygen atoms in total. The molecule has 2 N–H and O–H groups in total. The fourth-order valence-corrected chi connectivity index (χ4v) is 9.65. The topological polar surface area (TPSA) is 122 Å². The van der Waals surface area contributed by atoms with Crippen LogP contribution in [0.15, 0.2) is 48.6 Å². The Morgan fingerprint density at radius 1 is 1.16 bits per heavy atom. The van der Waals surface area contributed by atoms with Gasteiger partial charge in [-0.15, -0.1) is 0 Å². The van der Waals surface area contributed by atoms with Crippen molar-refractivity contribution >= 4 is 39.2 Å². The predicted molar refractivity (Wildman–Crippen MR) is 191 cm³/mol. The van der Waals surface area contributed by atoms with E-state index < -0.39 is 38.4 Å². The number of nitrogens with one attached hydrogen (secondary N) is 1. The largest absolute Gasteiger partial charge is 0.490 e. The molecule has 49 heavy (non-hydrogen) atoms. The van der Waals surface area contributed by atoms with Crippen LogP contribution >= 0.6 is 11.6 Å². The number of rotatable bonds is 2. The second kappa shape index (κ2) is 13.2. The quantitative estimate of drug-likeness (QED) is 0.273. The number of nitrogens with zero attached hydrogens (tertiary/aromatic N) is 1. The summed E-state index contributed by atoms with van der Waals surface area (Å²) in [6, 6.07) is 11.2. The number of hydrogen-bond acceptors (Lipinski definition) is 8. The molecular formula is C38H49ClN2O7S. The number of esters is 1. The summed E-state index contributed by atoms with van der Waals surface area (Å²) >= 11 is 6.43. The maximum absolute atomic E-state index is 13.5. The third-order valence-electron chi connectivity index (χ3n) is 11.1. The van der Waals surface area contributed by atoms with E-state index in [0.29, 0.717) is 42.6 Å². The predicted octanol–water partition coefficient (Wildman–Crippen LogP) is 6.35. The van der Waals surface area contributed by atoms with E-state index in [1.54, 1.807) is 65.0 Å². The highest BCUT2D eigenvalue weighted by Crippen LogP contribution is 2.49. The van der Waals surface area contributed by atoms with Crippen LogP contribution in [0.5, 0.6) is 5.75 Å². The lowest BCUT2D eigenvalue weighted by Crippen LogP contribution is -2.53. The van der Waals surface area contributed by atoms with Gasteiger partial charge in [0.15, 0.2) is 0 Å². The Kier molecular flexibility index (Phi) is 9.65. The normalized spacial score (nSPS) is 32.0. The van der Waals surface area contributed by atoms with Gasteiger partial charge in [0, 0.05) is 29.1 Å². The lowest BCUT2D eigenvalue weighted by Gasteiger charge is -2.49. The van der Waals surface area contributed by atoms with E-state index in [2.05, 4.69) is 15.7 Å². The maximum Gasteiger partial charge on any atom is 0.309 e. The summed E-state index contributed by atoms with van der Waals surface area (Å²) in [6.07, 6.45) is 7.96. The van der Waals surface area contributed by atoms with Crippen molar-refractivity contribution in [1.29, 1.82) is 0 Å². The number of fused-ring (bicyclic) bond motifs is 4. The Morgan fingerprint density at radius 2 is 1.94 bits per heavy atom.